The van der Waals surface area contributed by atoms with Crippen molar-refractivity contribution in [3.63, 3.8) is 0 Å². The van der Waals surface area contributed by atoms with Gasteiger partial charge in [0.05, 0.1) is 23.9 Å². The lowest BCUT2D eigenvalue weighted by molar-refractivity contribution is -0.124. The maximum Gasteiger partial charge on any atom is 0.338 e. The molecule has 8 heteroatoms. The van der Waals surface area contributed by atoms with Crippen LogP contribution in [0.15, 0.2) is 22.7 Å². The Morgan fingerprint density at radius 1 is 1.25 bits per heavy atom. The van der Waals surface area contributed by atoms with Gasteiger partial charge in [-0.05, 0) is 45.4 Å². The molecule has 1 amide bonds. The maximum absolute atomic E-state index is 12.2. The summed E-state index contributed by atoms with van der Waals surface area (Å²) < 4.78 is 21.3. The van der Waals surface area contributed by atoms with Crippen LogP contribution < -0.4 is 14.8 Å². The molecule has 0 aliphatic rings. The van der Waals surface area contributed by atoms with Crippen molar-refractivity contribution in [2.24, 2.45) is 0 Å². The molecule has 152 valence electrons. The Morgan fingerprint density at radius 2 is 2.00 bits per heavy atom. The lowest BCUT2D eigenvalue weighted by Crippen LogP contribution is -2.35. The van der Waals surface area contributed by atoms with Gasteiger partial charge in [0.2, 0.25) is 0 Å². The van der Waals surface area contributed by atoms with Gasteiger partial charge in [0, 0.05) is 6.04 Å². The fraction of sp³-hybridized carbons (Fsp3) is 0.450. The molecule has 0 bridgehead atoms. The summed E-state index contributed by atoms with van der Waals surface area (Å²) in [6, 6.07) is 4.71. The Hall–Kier alpha value is -3.03. The SMILES string of the molecule is CC[C@@H](C)NC(=O)COC(=O)c1ccc(OCc2c(C)noc2C)c(OC)c1. The van der Waals surface area contributed by atoms with Crippen LogP contribution in [0.4, 0.5) is 0 Å². The lowest BCUT2D eigenvalue weighted by atomic mass is 10.2. The number of nitrogens with one attached hydrogen (secondary N) is 1. The molecule has 0 aliphatic heterocycles. The third-order valence-electron chi connectivity index (χ3n) is 4.31. The van der Waals surface area contributed by atoms with Crippen LogP contribution in [-0.2, 0) is 16.1 Å². The van der Waals surface area contributed by atoms with Gasteiger partial charge >= 0.3 is 5.97 Å². The number of hydrogen-bond donors (Lipinski definition) is 1. The normalized spacial score (nSPS) is 11.6. The summed E-state index contributed by atoms with van der Waals surface area (Å²) in [7, 11) is 1.48. The average Bonchev–Trinajstić information content (AvgIpc) is 3.01. The zero-order valence-corrected chi connectivity index (χ0v) is 16.8. The number of hydrogen-bond acceptors (Lipinski definition) is 7. The molecule has 1 atom stereocenters. The third kappa shape index (κ3) is 5.48. The van der Waals surface area contributed by atoms with E-state index in [4.69, 9.17) is 18.7 Å². The average molecular weight is 390 g/mol. The molecule has 2 aromatic rings. The molecular weight excluding hydrogens is 364 g/mol. The van der Waals surface area contributed by atoms with Gasteiger partial charge in [-0.3, -0.25) is 4.79 Å². The Morgan fingerprint density at radius 3 is 2.61 bits per heavy atom. The van der Waals surface area contributed by atoms with E-state index in [0.717, 1.165) is 17.7 Å². The van der Waals surface area contributed by atoms with Gasteiger partial charge in [-0.2, -0.15) is 0 Å². The minimum absolute atomic E-state index is 0.0282. The van der Waals surface area contributed by atoms with Crippen LogP contribution in [-0.4, -0.2) is 36.8 Å². The quantitative estimate of drug-likeness (QED) is 0.657. The topological polar surface area (TPSA) is 99.9 Å². The molecule has 2 rings (SSSR count). The molecule has 0 saturated heterocycles. The molecule has 28 heavy (non-hydrogen) atoms. The van der Waals surface area contributed by atoms with Gasteiger partial charge in [-0.25, -0.2) is 4.79 Å². The first-order chi connectivity index (χ1) is 13.3. The van der Waals surface area contributed by atoms with E-state index in [0.29, 0.717) is 17.3 Å². The van der Waals surface area contributed by atoms with Crippen LogP contribution in [0.25, 0.3) is 0 Å². The smallest absolute Gasteiger partial charge is 0.338 e. The fourth-order valence-corrected chi connectivity index (χ4v) is 2.40. The highest BCUT2D eigenvalue weighted by Gasteiger charge is 2.16. The summed E-state index contributed by atoms with van der Waals surface area (Å²) >= 11 is 0. The van der Waals surface area contributed by atoms with Crippen molar-refractivity contribution >= 4 is 11.9 Å². The Kier molecular flexibility index (Phi) is 7.43. The molecule has 1 heterocycles. The second-order valence-corrected chi connectivity index (χ2v) is 6.41. The number of amides is 1. The monoisotopic (exact) mass is 390 g/mol. The van der Waals surface area contributed by atoms with Crippen molar-refractivity contribution in [1.29, 1.82) is 0 Å². The number of aromatic nitrogens is 1. The van der Waals surface area contributed by atoms with Crippen LogP contribution in [0, 0.1) is 13.8 Å². The van der Waals surface area contributed by atoms with Crippen molar-refractivity contribution in [2.45, 2.75) is 46.8 Å². The molecule has 0 unspecified atom stereocenters. The van der Waals surface area contributed by atoms with Crippen molar-refractivity contribution in [2.75, 3.05) is 13.7 Å². The van der Waals surface area contributed by atoms with E-state index in [1.807, 2.05) is 27.7 Å². The van der Waals surface area contributed by atoms with Crippen molar-refractivity contribution in [3.8, 4) is 11.5 Å². The second kappa shape index (κ2) is 9.77. The number of ether oxygens (including phenoxy) is 3. The largest absolute Gasteiger partial charge is 0.493 e. The number of carbonyl (C=O) groups is 2. The standard InChI is InChI=1S/C20H26N2O6/c1-6-12(2)21-19(23)11-27-20(24)15-7-8-17(18(9-15)25-5)26-10-16-13(3)22-28-14(16)4/h7-9,12H,6,10-11H2,1-5H3,(H,21,23)/t12-/m1/s1. The van der Waals surface area contributed by atoms with Crippen LogP contribution in [0.1, 0.15) is 47.6 Å². The van der Waals surface area contributed by atoms with Crippen molar-refractivity contribution in [3.05, 3.63) is 40.8 Å². The van der Waals surface area contributed by atoms with E-state index in [9.17, 15) is 9.59 Å². The number of aryl methyl sites for hydroxylation is 2. The first-order valence-corrected chi connectivity index (χ1v) is 9.04. The van der Waals surface area contributed by atoms with Gasteiger partial charge in [0.15, 0.2) is 18.1 Å². The third-order valence-corrected chi connectivity index (χ3v) is 4.31. The molecule has 0 aliphatic carbocycles. The van der Waals surface area contributed by atoms with E-state index in [-0.39, 0.29) is 30.7 Å². The molecule has 0 saturated carbocycles. The van der Waals surface area contributed by atoms with Crippen LogP contribution in [0.2, 0.25) is 0 Å². The Bertz CT molecular complexity index is 811. The van der Waals surface area contributed by atoms with E-state index < -0.39 is 5.97 Å². The second-order valence-electron chi connectivity index (χ2n) is 6.41. The molecule has 1 aromatic carbocycles. The van der Waals surface area contributed by atoms with E-state index in [1.165, 1.54) is 13.2 Å². The molecule has 8 nitrogen and oxygen atoms in total. The number of carbonyl (C=O) groups excluding carboxylic acids is 2. The highest BCUT2D eigenvalue weighted by molar-refractivity contribution is 5.92. The molecule has 0 fully saturated rings. The first kappa shape index (κ1) is 21.3. The van der Waals surface area contributed by atoms with Gasteiger partial charge in [-0.15, -0.1) is 0 Å². The predicted molar refractivity (Wildman–Crippen MR) is 101 cm³/mol. The number of methoxy groups -OCH3 is 1. The zero-order chi connectivity index (χ0) is 20.7. The van der Waals surface area contributed by atoms with Crippen LogP contribution in [0.5, 0.6) is 11.5 Å². The number of nitrogens with zero attached hydrogens (tertiary/aromatic N) is 1. The van der Waals surface area contributed by atoms with E-state index >= 15 is 0 Å². The summed E-state index contributed by atoms with van der Waals surface area (Å²) in [4.78, 5) is 23.9. The predicted octanol–water partition coefficient (Wildman–Crippen LogP) is 2.95. The zero-order valence-electron chi connectivity index (χ0n) is 16.8. The highest BCUT2D eigenvalue weighted by atomic mass is 16.5. The molecule has 1 N–H and O–H groups in total. The summed E-state index contributed by atoms with van der Waals surface area (Å²) in [5, 5.41) is 6.62. The first-order valence-electron chi connectivity index (χ1n) is 9.04. The fourth-order valence-electron chi connectivity index (χ4n) is 2.40. The molecule has 0 radical (unpaired) electrons. The Balaban J connectivity index is 1.99. The van der Waals surface area contributed by atoms with Gasteiger partial charge in [0.1, 0.15) is 12.4 Å². The van der Waals surface area contributed by atoms with E-state index in [2.05, 4.69) is 10.5 Å². The Labute approximate surface area is 164 Å². The highest BCUT2D eigenvalue weighted by Crippen LogP contribution is 2.29. The summed E-state index contributed by atoms with van der Waals surface area (Å²) in [6.07, 6.45) is 0.798. The number of benzene rings is 1. The van der Waals surface area contributed by atoms with Crippen LogP contribution in [0.3, 0.4) is 0 Å². The molecular formula is C20H26N2O6. The van der Waals surface area contributed by atoms with Gasteiger partial charge in [-0.1, -0.05) is 12.1 Å². The minimum Gasteiger partial charge on any atom is -0.493 e. The summed E-state index contributed by atoms with van der Waals surface area (Å²) in [5.41, 5.74) is 1.88. The lowest BCUT2D eigenvalue weighted by Gasteiger charge is -2.13. The van der Waals surface area contributed by atoms with Crippen molar-refractivity contribution < 1.29 is 28.3 Å². The maximum atomic E-state index is 12.2. The number of esters is 1. The van der Waals surface area contributed by atoms with E-state index in [1.54, 1.807) is 12.1 Å². The molecule has 1 aromatic heterocycles. The molecule has 0 spiro atoms. The van der Waals surface area contributed by atoms with Crippen molar-refractivity contribution in [1.82, 2.24) is 10.5 Å². The summed E-state index contributed by atoms with van der Waals surface area (Å²) in [5.74, 6) is 0.579. The van der Waals surface area contributed by atoms with Gasteiger partial charge in [0.25, 0.3) is 5.91 Å². The van der Waals surface area contributed by atoms with Gasteiger partial charge < -0.3 is 24.1 Å². The van der Waals surface area contributed by atoms with Crippen LogP contribution >= 0.6 is 0 Å². The minimum atomic E-state index is -0.616. The number of rotatable bonds is 9. The summed E-state index contributed by atoms with van der Waals surface area (Å²) in [6.45, 7) is 7.41.